The zero-order valence-corrected chi connectivity index (χ0v) is 19.6. The minimum atomic E-state index is -0.757. The third kappa shape index (κ3) is 3.99. The van der Waals surface area contributed by atoms with E-state index in [1.807, 2.05) is 13.0 Å². The first-order chi connectivity index (χ1) is 15.6. The Kier molecular flexibility index (Phi) is 5.01. The summed E-state index contributed by atoms with van der Waals surface area (Å²) in [6, 6.07) is 8.31. The Balaban J connectivity index is 1.50. The van der Waals surface area contributed by atoms with E-state index in [1.54, 1.807) is 19.3 Å². The molecular weight excluding hydrogens is 419 g/mol. The van der Waals surface area contributed by atoms with E-state index in [-0.39, 0.29) is 16.6 Å². The molecule has 7 nitrogen and oxygen atoms in total. The van der Waals surface area contributed by atoms with Crippen molar-refractivity contribution in [2.24, 2.45) is 7.05 Å². The molecule has 172 valence electrons. The molecular formula is C25H29FN6O. The number of benzene rings is 2. The molecule has 1 fully saturated rings. The fourth-order valence-electron chi connectivity index (χ4n) is 4.72. The van der Waals surface area contributed by atoms with E-state index in [1.165, 1.54) is 4.68 Å². The molecule has 2 N–H and O–H groups in total. The van der Waals surface area contributed by atoms with Gasteiger partial charge in [0.15, 0.2) is 17.4 Å². The van der Waals surface area contributed by atoms with Gasteiger partial charge in [0, 0.05) is 60.1 Å². The van der Waals surface area contributed by atoms with E-state index in [0.29, 0.717) is 17.3 Å². The SMILES string of the molecule is Cc1nc(-c2cc3cn(C)nc3c(F)c2O)nc2ccc(N3CC[C@H](NC(C)(C)C)C3)cc12. The van der Waals surface area contributed by atoms with Gasteiger partial charge in [-0.3, -0.25) is 4.68 Å². The number of aryl methyl sites for hydroxylation is 2. The minimum absolute atomic E-state index is 0.0920. The smallest absolute Gasteiger partial charge is 0.193 e. The monoisotopic (exact) mass is 448 g/mol. The molecule has 8 heteroatoms. The van der Waals surface area contributed by atoms with Crippen LogP contribution in [0.2, 0.25) is 0 Å². The second-order valence-electron chi connectivity index (χ2n) is 9.99. The summed E-state index contributed by atoms with van der Waals surface area (Å²) in [6.07, 6.45) is 2.81. The van der Waals surface area contributed by atoms with Gasteiger partial charge in [-0.15, -0.1) is 0 Å². The lowest BCUT2D eigenvalue weighted by molar-refractivity contribution is 0.373. The maximum atomic E-state index is 14.7. The third-order valence-electron chi connectivity index (χ3n) is 6.13. The van der Waals surface area contributed by atoms with Gasteiger partial charge in [0.1, 0.15) is 5.52 Å². The van der Waals surface area contributed by atoms with Gasteiger partial charge in [-0.2, -0.15) is 5.10 Å². The maximum Gasteiger partial charge on any atom is 0.193 e. The average Bonchev–Trinajstić information content (AvgIpc) is 3.35. The summed E-state index contributed by atoms with van der Waals surface area (Å²) in [5.74, 6) is -0.941. The van der Waals surface area contributed by atoms with E-state index in [9.17, 15) is 9.50 Å². The molecule has 3 heterocycles. The Hall–Kier alpha value is -3.26. The van der Waals surface area contributed by atoms with Gasteiger partial charge in [-0.05, 0) is 58.4 Å². The number of hydrogen-bond donors (Lipinski definition) is 2. The first-order valence-corrected chi connectivity index (χ1v) is 11.3. The van der Waals surface area contributed by atoms with Crippen LogP contribution in [0.1, 0.15) is 32.9 Å². The lowest BCUT2D eigenvalue weighted by Gasteiger charge is -2.26. The number of aromatic hydroxyl groups is 1. The van der Waals surface area contributed by atoms with Crippen molar-refractivity contribution in [1.29, 1.82) is 0 Å². The number of rotatable bonds is 3. The molecule has 0 saturated carbocycles. The first-order valence-electron chi connectivity index (χ1n) is 11.3. The fraction of sp³-hybridized carbons (Fsp3) is 0.400. The second kappa shape index (κ2) is 7.66. The third-order valence-corrected chi connectivity index (χ3v) is 6.13. The van der Waals surface area contributed by atoms with Crippen molar-refractivity contribution in [3.8, 4) is 17.1 Å². The molecule has 33 heavy (non-hydrogen) atoms. The predicted octanol–water partition coefficient (Wildman–Crippen LogP) is 4.30. The van der Waals surface area contributed by atoms with E-state index in [4.69, 9.17) is 0 Å². The summed E-state index contributed by atoms with van der Waals surface area (Å²) >= 11 is 0. The quantitative estimate of drug-likeness (QED) is 0.486. The molecule has 0 amide bonds. The summed E-state index contributed by atoms with van der Waals surface area (Å²) in [4.78, 5) is 11.7. The zero-order chi connectivity index (χ0) is 23.5. The number of phenols is 1. The number of phenolic OH excluding ortho intramolecular Hbond substituents is 1. The molecule has 5 rings (SSSR count). The molecule has 0 bridgehead atoms. The molecule has 4 aromatic rings. The number of halogens is 1. The molecule has 2 aromatic carbocycles. The second-order valence-corrected chi connectivity index (χ2v) is 9.99. The van der Waals surface area contributed by atoms with Crippen LogP contribution in [0.3, 0.4) is 0 Å². The largest absolute Gasteiger partial charge is 0.504 e. The van der Waals surface area contributed by atoms with Gasteiger partial charge < -0.3 is 15.3 Å². The van der Waals surface area contributed by atoms with Crippen LogP contribution < -0.4 is 10.2 Å². The fourth-order valence-corrected chi connectivity index (χ4v) is 4.72. The normalized spacial score (nSPS) is 16.9. The number of anilines is 1. The number of nitrogens with one attached hydrogen (secondary N) is 1. The number of nitrogens with zero attached hydrogens (tertiary/aromatic N) is 5. The van der Waals surface area contributed by atoms with Crippen molar-refractivity contribution in [2.75, 3.05) is 18.0 Å². The molecule has 0 unspecified atom stereocenters. The summed E-state index contributed by atoms with van der Waals surface area (Å²) in [5, 5.41) is 19.8. The molecule has 0 radical (unpaired) electrons. The number of aromatic nitrogens is 4. The highest BCUT2D eigenvalue weighted by molar-refractivity contribution is 5.90. The van der Waals surface area contributed by atoms with Crippen molar-refractivity contribution in [3.05, 3.63) is 42.0 Å². The Morgan fingerprint density at radius 1 is 1.18 bits per heavy atom. The Bertz CT molecular complexity index is 1370. The topological polar surface area (TPSA) is 79.1 Å². The summed E-state index contributed by atoms with van der Waals surface area (Å²) in [6.45, 7) is 10.5. The average molecular weight is 449 g/mol. The van der Waals surface area contributed by atoms with Gasteiger partial charge in [0.25, 0.3) is 0 Å². The minimum Gasteiger partial charge on any atom is -0.504 e. The van der Waals surface area contributed by atoms with Gasteiger partial charge >= 0.3 is 0 Å². The Morgan fingerprint density at radius 3 is 2.73 bits per heavy atom. The van der Waals surface area contributed by atoms with Gasteiger partial charge in [0.05, 0.1) is 11.1 Å². The van der Waals surface area contributed by atoms with Crippen LogP contribution in [-0.2, 0) is 7.05 Å². The Morgan fingerprint density at radius 2 is 1.97 bits per heavy atom. The number of fused-ring (bicyclic) bond motifs is 2. The molecule has 0 spiro atoms. The van der Waals surface area contributed by atoms with Gasteiger partial charge in [-0.25, -0.2) is 14.4 Å². The lowest BCUT2D eigenvalue weighted by atomic mass is 10.1. The molecule has 1 aliphatic rings. The van der Waals surface area contributed by atoms with Gasteiger partial charge in [-0.1, -0.05) is 0 Å². The van der Waals surface area contributed by atoms with Crippen molar-refractivity contribution < 1.29 is 9.50 Å². The van der Waals surface area contributed by atoms with Crippen molar-refractivity contribution in [2.45, 2.75) is 45.7 Å². The number of hydrogen-bond acceptors (Lipinski definition) is 6. The highest BCUT2D eigenvalue weighted by Crippen LogP contribution is 2.36. The van der Waals surface area contributed by atoms with Crippen LogP contribution in [0, 0.1) is 12.7 Å². The van der Waals surface area contributed by atoms with Crippen LogP contribution in [0.5, 0.6) is 5.75 Å². The molecule has 0 aliphatic carbocycles. The standard InChI is InChI=1S/C25H29FN6O/c1-14-18-11-17(32-9-8-16(13-32)29-25(2,3)4)6-7-20(18)28-24(27-14)19-10-15-12-31(5)30-22(15)21(26)23(19)33/h6-7,10-12,16,29,33H,8-9,13H2,1-5H3/t16-/m0/s1. The summed E-state index contributed by atoms with van der Waals surface area (Å²) in [7, 11) is 1.71. The highest BCUT2D eigenvalue weighted by atomic mass is 19.1. The van der Waals surface area contributed by atoms with Crippen LogP contribution in [0.4, 0.5) is 10.1 Å². The van der Waals surface area contributed by atoms with Crippen molar-refractivity contribution in [3.63, 3.8) is 0 Å². The van der Waals surface area contributed by atoms with Crippen molar-refractivity contribution >= 4 is 27.5 Å². The van der Waals surface area contributed by atoms with E-state index in [2.05, 4.69) is 58.2 Å². The lowest BCUT2D eigenvalue weighted by Crippen LogP contribution is -2.44. The first kappa shape index (κ1) is 21.6. The van der Waals surface area contributed by atoms with Gasteiger partial charge in [0.2, 0.25) is 0 Å². The molecule has 1 aliphatic heterocycles. The van der Waals surface area contributed by atoms with Crippen molar-refractivity contribution in [1.82, 2.24) is 25.1 Å². The van der Waals surface area contributed by atoms with E-state index < -0.39 is 11.6 Å². The van der Waals surface area contributed by atoms with Crippen LogP contribution >= 0.6 is 0 Å². The van der Waals surface area contributed by atoms with E-state index >= 15 is 0 Å². The predicted molar refractivity (Wildman–Crippen MR) is 129 cm³/mol. The van der Waals surface area contributed by atoms with E-state index in [0.717, 1.165) is 41.8 Å². The molecule has 1 saturated heterocycles. The zero-order valence-electron chi connectivity index (χ0n) is 19.6. The van der Waals surface area contributed by atoms with Crippen LogP contribution in [0.25, 0.3) is 33.2 Å². The maximum absolute atomic E-state index is 14.7. The molecule has 1 atom stereocenters. The molecule has 2 aromatic heterocycles. The van der Waals surface area contributed by atoms with Crippen LogP contribution in [0.15, 0.2) is 30.5 Å². The Labute approximate surface area is 192 Å². The summed E-state index contributed by atoms with van der Waals surface area (Å²) < 4.78 is 16.3. The summed E-state index contributed by atoms with van der Waals surface area (Å²) in [5.41, 5.74) is 3.17. The van der Waals surface area contributed by atoms with Crippen LogP contribution in [-0.4, -0.2) is 49.5 Å². The highest BCUT2D eigenvalue weighted by Gasteiger charge is 2.26.